The molecule has 23 heavy (non-hydrogen) atoms. The number of carbonyl (C=O) groups excluding carboxylic acids is 2. The van der Waals surface area contributed by atoms with Gasteiger partial charge in [-0.25, -0.2) is 9.78 Å². The maximum atomic E-state index is 11.8. The molecule has 1 aliphatic heterocycles. The second-order valence-corrected chi connectivity index (χ2v) is 5.62. The zero-order chi connectivity index (χ0) is 16.2. The molecule has 0 atom stereocenters. The Kier molecular flexibility index (Phi) is 4.38. The van der Waals surface area contributed by atoms with Crippen LogP contribution in [-0.2, 0) is 11.8 Å². The fraction of sp³-hybridized carbons (Fsp3) is 0.214. The number of rotatable bonds is 4. The van der Waals surface area contributed by atoms with Crippen molar-refractivity contribution < 1.29 is 19.1 Å². The summed E-state index contributed by atoms with van der Waals surface area (Å²) >= 11 is 1.25. The SMILES string of the molecule is Cn1ccnc1SCC(=O)NC(=O)Nc1ccc2c(c1)OCO2. The highest BCUT2D eigenvalue weighted by atomic mass is 32.2. The number of urea groups is 1. The number of carbonyl (C=O) groups is 2. The van der Waals surface area contributed by atoms with Crippen molar-refractivity contribution in [1.29, 1.82) is 0 Å². The number of anilines is 1. The van der Waals surface area contributed by atoms with Crippen molar-refractivity contribution in [2.75, 3.05) is 17.9 Å². The van der Waals surface area contributed by atoms with Crippen LogP contribution in [0.25, 0.3) is 0 Å². The highest BCUT2D eigenvalue weighted by Gasteiger charge is 2.15. The Morgan fingerprint density at radius 2 is 2.17 bits per heavy atom. The molecule has 0 fully saturated rings. The van der Waals surface area contributed by atoms with Gasteiger partial charge in [0.05, 0.1) is 5.75 Å². The Balaban J connectivity index is 1.49. The van der Waals surface area contributed by atoms with Gasteiger partial charge >= 0.3 is 6.03 Å². The van der Waals surface area contributed by atoms with Gasteiger partial charge in [-0.1, -0.05) is 11.8 Å². The van der Waals surface area contributed by atoms with Crippen molar-refractivity contribution >= 4 is 29.4 Å². The lowest BCUT2D eigenvalue weighted by molar-refractivity contribution is -0.117. The van der Waals surface area contributed by atoms with Gasteiger partial charge < -0.3 is 19.4 Å². The van der Waals surface area contributed by atoms with E-state index in [1.165, 1.54) is 11.8 Å². The van der Waals surface area contributed by atoms with Crippen molar-refractivity contribution in [3.05, 3.63) is 30.6 Å². The molecule has 0 saturated carbocycles. The topological polar surface area (TPSA) is 94.5 Å². The summed E-state index contributed by atoms with van der Waals surface area (Å²) in [6.07, 6.45) is 3.43. The lowest BCUT2D eigenvalue weighted by Gasteiger charge is -2.07. The summed E-state index contributed by atoms with van der Waals surface area (Å²) in [5, 5.41) is 5.53. The molecule has 8 nitrogen and oxygen atoms in total. The molecule has 0 bridgehead atoms. The quantitative estimate of drug-likeness (QED) is 0.825. The average molecular weight is 334 g/mol. The van der Waals surface area contributed by atoms with E-state index in [1.807, 2.05) is 7.05 Å². The number of aromatic nitrogens is 2. The van der Waals surface area contributed by atoms with E-state index in [-0.39, 0.29) is 12.5 Å². The van der Waals surface area contributed by atoms with Gasteiger partial charge in [-0.3, -0.25) is 10.1 Å². The Labute approximate surface area is 136 Å². The fourth-order valence-electron chi connectivity index (χ4n) is 1.92. The molecular formula is C14H14N4O4S. The molecule has 0 aliphatic carbocycles. The smallest absolute Gasteiger partial charge is 0.325 e. The summed E-state index contributed by atoms with van der Waals surface area (Å²) < 4.78 is 12.2. The van der Waals surface area contributed by atoms with Gasteiger partial charge in [-0.2, -0.15) is 0 Å². The molecule has 0 unspecified atom stereocenters. The Bertz CT molecular complexity index is 746. The first-order valence-corrected chi connectivity index (χ1v) is 7.71. The van der Waals surface area contributed by atoms with Crippen LogP contribution in [0.2, 0.25) is 0 Å². The largest absolute Gasteiger partial charge is 0.454 e. The van der Waals surface area contributed by atoms with Gasteiger partial charge in [0.25, 0.3) is 0 Å². The highest BCUT2D eigenvalue weighted by Crippen LogP contribution is 2.34. The van der Waals surface area contributed by atoms with E-state index in [1.54, 1.807) is 35.2 Å². The van der Waals surface area contributed by atoms with Crippen molar-refractivity contribution in [2.45, 2.75) is 5.16 Å². The molecule has 120 valence electrons. The maximum Gasteiger partial charge on any atom is 0.325 e. The van der Waals surface area contributed by atoms with Crippen LogP contribution in [0.3, 0.4) is 0 Å². The maximum absolute atomic E-state index is 11.8. The van der Waals surface area contributed by atoms with Crippen LogP contribution < -0.4 is 20.1 Å². The predicted octanol–water partition coefficient (Wildman–Crippen LogP) is 1.59. The molecule has 0 saturated heterocycles. The number of imide groups is 1. The number of ether oxygens (including phenoxy) is 2. The van der Waals surface area contributed by atoms with Crippen LogP contribution in [0.1, 0.15) is 0 Å². The lowest BCUT2D eigenvalue weighted by atomic mass is 10.3. The van der Waals surface area contributed by atoms with Gasteiger partial charge in [-0.05, 0) is 12.1 Å². The summed E-state index contributed by atoms with van der Waals surface area (Å²) in [4.78, 5) is 27.7. The van der Waals surface area contributed by atoms with Crippen LogP contribution >= 0.6 is 11.8 Å². The monoisotopic (exact) mass is 334 g/mol. The number of hydrogen-bond acceptors (Lipinski definition) is 6. The number of thioether (sulfide) groups is 1. The normalized spacial score (nSPS) is 12.0. The van der Waals surface area contributed by atoms with E-state index in [4.69, 9.17) is 9.47 Å². The molecule has 2 N–H and O–H groups in total. The molecule has 1 aliphatic rings. The van der Waals surface area contributed by atoms with Crippen LogP contribution in [-0.4, -0.2) is 34.0 Å². The van der Waals surface area contributed by atoms with E-state index in [0.717, 1.165) is 0 Å². The zero-order valence-corrected chi connectivity index (χ0v) is 13.1. The number of nitrogens with one attached hydrogen (secondary N) is 2. The van der Waals surface area contributed by atoms with Gasteiger partial charge in [0.2, 0.25) is 12.7 Å². The Hall–Kier alpha value is -2.68. The number of aryl methyl sites for hydroxylation is 1. The minimum Gasteiger partial charge on any atom is -0.454 e. The summed E-state index contributed by atoms with van der Waals surface area (Å²) in [5.74, 6) is 0.869. The standard InChI is InChI=1S/C14H14N4O4S/c1-18-5-4-15-14(18)23-7-12(19)17-13(20)16-9-2-3-10-11(6-9)22-8-21-10/h2-6H,7-8H2,1H3,(H2,16,17,19,20). The Morgan fingerprint density at radius 3 is 2.96 bits per heavy atom. The molecule has 1 aromatic carbocycles. The van der Waals surface area contributed by atoms with Crippen molar-refractivity contribution in [3.8, 4) is 11.5 Å². The minimum atomic E-state index is -0.602. The number of nitrogens with zero attached hydrogens (tertiary/aromatic N) is 2. The third kappa shape index (κ3) is 3.75. The zero-order valence-electron chi connectivity index (χ0n) is 12.2. The van der Waals surface area contributed by atoms with Crippen LogP contribution in [0.15, 0.2) is 35.7 Å². The highest BCUT2D eigenvalue weighted by molar-refractivity contribution is 7.99. The van der Waals surface area contributed by atoms with E-state index < -0.39 is 11.9 Å². The Morgan fingerprint density at radius 1 is 1.35 bits per heavy atom. The predicted molar refractivity (Wildman–Crippen MR) is 83.7 cm³/mol. The van der Waals surface area contributed by atoms with Gasteiger partial charge in [-0.15, -0.1) is 0 Å². The van der Waals surface area contributed by atoms with E-state index in [9.17, 15) is 9.59 Å². The number of hydrogen-bond donors (Lipinski definition) is 2. The van der Waals surface area contributed by atoms with Crippen LogP contribution in [0.5, 0.6) is 11.5 Å². The van der Waals surface area contributed by atoms with Gasteiger partial charge in [0.15, 0.2) is 16.7 Å². The van der Waals surface area contributed by atoms with E-state index >= 15 is 0 Å². The van der Waals surface area contributed by atoms with Crippen molar-refractivity contribution in [3.63, 3.8) is 0 Å². The third-order valence-corrected chi connectivity index (χ3v) is 4.05. The van der Waals surface area contributed by atoms with Gasteiger partial charge in [0, 0.05) is 31.2 Å². The minimum absolute atomic E-state index is 0.0966. The van der Waals surface area contributed by atoms with Crippen molar-refractivity contribution in [1.82, 2.24) is 14.9 Å². The summed E-state index contributed by atoms with van der Waals surface area (Å²) in [6, 6.07) is 4.39. The second-order valence-electron chi connectivity index (χ2n) is 4.68. The molecular weight excluding hydrogens is 320 g/mol. The number of benzene rings is 1. The molecule has 3 amide bonds. The molecule has 9 heteroatoms. The molecule has 0 radical (unpaired) electrons. The number of amides is 3. The summed E-state index contributed by atoms with van der Waals surface area (Å²) in [5.41, 5.74) is 0.510. The number of fused-ring (bicyclic) bond motifs is 1. The molecule has 1 aromatic heterocycles. The first-order chi connectivity index (χ1) is 11.1. The molecule has 3 rings (SSSR count). The third-order valence-electron chi connectivity index (χ3n) is 2.99. The second kappa shape index (κ2) is 6.61. The molecule has 2 aromatic rings. The molecule has 2 heterocycles. The van der Waals surface area contributed by atoms with E-state index in [2.05, 4.69) is 15.6 Å². The lowest BCUT2D eigenvalue weighted by Crippen LogP contribution is -2.35. The van der Waals surface area contributed by atoms with Crippen molar-refractivity contribution in [2.24, 2.45) is 7.05 Å². The van der Waals surface area contributed by atoms with Gasteiger partial charge in [0.1, 0.15) is 0 Å². The fourth-order valence-corrected chi connectivity index (χ4v) is 2.65. The number of imidazole rings is 1. The first-order valence-electron chi connectivity index (χ1n) is 6.72. The van der Waals surface area contributed by atoms with E-state index in [0.29, 0.717) is 22.3 Å². The first kappa shape index (κ1) is 15.2. The summed E-state index contributed by atoms with van der Waals surface area (Å²) in [6.45, 7) is 0.161. The molecule has 0 spiro atoms. The average Bonchev–Trinajstić information content (AvgIpc) is 3.13. The summed E-state index contributed by atoms with van der Waals surface area (Å²) in [7, 11) is 1.83. The van der Waals surface area contributed by atoms with Crippen LogP contribution in [0.4, 0.5) is 10.5 Å². The van der Waals surface area contributed by atoms with Crippen LogP contribution in [0, 0.1) is 0 Å².